The van der Waals surface area contributed by atoms with Gasteiger partial charge in [-0.15, -0.1) is 0 Å². The fraction of sp³-hybridized carbons (Fsp3) is 1.00. The summed E-state index contributed by atoms with van der Waals surface area (Å²) in [4.78, 5) is 0. The molecule has 0 aromatic rings. The van der Waals surface area contributed by atoms with Gasteiger partial charge in [0.15, 0.2) is 0 Å². The van der Waals surface area contributed by atoms with Gasteiger partial charge >= 0.3 is 29.6 Å². The van der Waals surface area contributed by atoms with Crippen molar-refractivity contribution in [3.8, 4) is 0 Å². The molecule has 0 rings (SSSR count). The fourth-order valence-electron chi connectivity index (χ4n) is 3.35. The Morgan fingerprint density at radius 1 is 0.692 bits per heavy atom. The third kappa shape index (κ3) is 18.2. The number of unbranched alkanes of at least 4 members (excludes halogenated alkanes) is 9. The molecule has 0 aromatic carbocycles. The van der Waals surface area contributed by atoms with Crippen molar-refractivity contribution in [3.63, 3.8) is 0 Å². The Kier molecular flexibility index (Phi) is 21.5. The molecule has 0 saturated heterocycles. The van der Waals surface area contributed by atoms with E-state index in [9.17, 15) is 18.1 Å². The van der Waals surface area contributed by atoms with Crippen LogP contribution in [0, 0.1) is 0 Å². The zero-order chi connectivity index (χ0) is 19.0. The fourth-order valence-corrected chi connectivity index (χ4v) is 4.26. The third-order valence-corrected chi connectivity index (χ3v) is 6.26. The van der Waals surface area contributed by atoms with Gasteiger partial charge in [0.2, 0.25) is 0 Å². The molecule has 0 fully saturated rings. The Balaban J connectivity index is 0. The van der Waals surface area contributed by atoms with Gasteiger partial charge in [0.25, 0.3) is 0 Å². The van der Waals surface area contributed by atoms with Gasteiger partial charge in [-0.2, -0.15) is 0 Å². The van der Waals surface area contributed by atoms with E-state index in [1.807, 2.05) is 6.92 Å². The summed E-state index contributed by atoms with van der Waals surface area (Å²) < 4.78 is 34.3. The van der Waals surface area contributed by atoms with Crippen LogP contribution in [-0.4, -0.2) is 29.4 Å². The molecule has 2 unspecified atom stereocenters. The predicted molar refractivity (Wildman–Crippen MR) is 105 cm³/mol. The third-order valence-electron chi connectivity index (χ3n) is 4.97. The summed E-state index contributed by atoms with van der Waals surface area (Å²) in [6.07, 6.45) is 15.3. The Hall–Kier alpha value is 0.870. The van der Waals surface area contributed by atoms with Crippen molar-refractivity contribution in [1.82, 2.24) is 0 Å². The molecule has 0 aromatic heterocycles. The minimum Gasteiger partial charge on any atom is -0.748 e. The van der Waals surface area contributed by atoms with Crippen LogP contribution in [0.25, 0.3) is 0 Å². The monoisotopic (exact) mass is 400 g/mol. The second kappa shape index (κ2) is 19.2. The number of hydrogen-bond acceptors (Lipinski definition) is 4. The summed E-state index contributed by atoms with van der Waals surface area (Å²) in [5.41, 5.74) is 0. The van der Waals surface area contributed by atoms with Crippen LogP contribution in [0.2, 0.25) is 0 Å². The van der Waals surface area contributed by atoms with Crippen molar-refractivity contribution in [2.75, 3.05) is 0 Å². The summed E-state index contributed by atoms with van der Waals surface area (Å²) in [5.74, 6) is 0. The van der Waals surface area contributed by atoms with E-state index in [1.54, 1.807) is 0 Å². The Morgan fingerprint density at radius 2 is 1.12 bits per heavy atom. The van der Waals surface area contributed by atoms with Crippen LogP contribution in [0.15, 0.2) is 0 Å². The molecule has 2 atom stereocenters. The Bertz CT molecular complexity index is 387. The number of rotatable bonds is 18. The topological polar surface area (TPSA) is 77.4 Å². The smallest absolute Gasteiger partial charge is 0.748 e. The van der Waals surface area contributed by atoms with Crippen molar-refractivity contribution in [2.24, 2.45) is 0 Å². The van der Waals surface area contributed by atoms with Gasteiger partial charge in [0, 0.05) is 5.25 Å². The maximum atomic E-state index is 11.4. The molecule has 0 aliphatic heterocycles. The van der Waals surface area contributed by atoms with Crippen LogP contribution < -0.4 is 29.6 Å². The SMILES string of the molecule is CCCCCCCCCCCC(CCCCC(O)CCC)S(=O)(=O)[O-].[Na+]. The molecule has 0 aliphatic carbocycles. The van der Waals surface area contributed by atoms with Crippen molar-refractivity contribution < 1.29 is 47.6 Å². The average molecular weight is 401 g/mol. The maximum Gasteiger partial charge on any atom is 1.00 e. The summed E-state index contributed by atoms with van der Waals surface area (Å²) in [6.45, 7) is 4.25. The van der Waals surface area contributed by atoms with E-state index in [-0.39, 0.29) is 35.7 Å². The molecule has 4 nitrogen and oxygen atoms in total. The molecule has 1 N–H and O–H groups in total. The van der Waals surface area contributed by atoms with Crippen molar-refractivity contribution in [2.45, 2.75) is 128 Å². The van der Waals surface area contributed by atoms with Crippen molar-refractivity contribution in [3.05, 3.63) is 0 Å². The molecule has 6 heteroatoms. The first kappa shape index (κ1) is 29.1. The largest absolute Gasteiger partial charge is 1.00 e. The molecule has 26 heavy (non-hydrogen) atoms. The van der Waals surface area contributed by atoms with Crippen LogP contribution in [-0.2, 0) is 10.1 Å². The normalized spacial score (nSPS) is 14.0. The summed E-state index contributed by atoms with van der Waals surface area (Å²) in [5, 5.41) is 8.95. The molecule has 0 amide bonds. The second-order valence-electron chi connectivity index (χ2n) is 7.46. The van der Waals surface area contributed by atoms with E-state index >= 15 is 0 Å². The van der Waals surface area contributed by atoms with Crippen molar-refractivity contribution >= 4 is 10.1 Å². The maximum absolute atomic E-state index is 11.4. The molecule has 152 valence electrons. The minimum atomic E-state index is -4.20. The molecule has 0 heterocycles. The Labute approximate surface area is 185 Å². The molecule has 0 aliphatic rings. The van der Waals surface area contributed by atoms with Crippen LogP contribution >= 0.6 is 0 Å². The Morgan fingerprint density at radius 3 is 1.58 bits per heavy atom. The average Bonchev–Trinajstić information content (AvgIpc) is 2.54. The standard InChI is InChI=1S/C20H42O4S.Na/c1-3-5-6-7-8-9-10-11-12-17-20(25(22,23)24)18-14-13-16-19(21)15-4-2;/h19-21H,3-18H2,1-2H3,(H,22,23,24);/q;+1/p-1. The van der Waals surface area contributed by atoms with E-state index in [1.165, 1.54) is 38.5 Å². The number of aliphatic hydroxyl groups is 1. The molecular weight excluding hydrogens is 359 g/mol. The predicted octanol–water partition coefficient (Wildman–Crippen LogP) is 2.55. The van der Waals surface area contributed by atoms with Gasteiger partial charge in [-0.3, -0.25) is 0 Å². The molecule has 0 saturated carbocycles. The van der Waals surface area contributed by atoms with E-state index in [2.05, 4.69) is 6.92 Å². The van der Waals surface area contributed by atoms with E-state index in [4.69, 9.17) is 0 Å². The summed E-state index contributed by atoms with van der Waals surface area (Å²) >= 11 is 0. The quantitative estimate of drug-likeness (QED) is 0.218. The zero-order valence-electron chi connectivity index (χ0n) is 17.5. The van der Waals surface area contributed by atoms with E-state index in [0.717, 1.165) is 38.5 Å². The van der Waals surface area contributed by atoms with Crippen LogP contribution in [0.5, 0.6) is 0 Å². The molecular formula is C20H41NaO4S. The molecule has 0 spiro atoms. The molecule has 0 bridgehead atoms. The van der Waals surface area contributed by atoms with Gasteiger partial charge in [0.1, 0.15) is 0 Å². The second-order valence-corrected chi connectivity index (χ2v) is 9.11. The zero-order valence-corrected chi connectivity index (χ0v) is 20.4. The first-order chi connectivity index (χ1) is 11.9. The van der Waals surface area contributed by atoms with Crippen LogP contribution in [0.1, 0.15) is 117 Å². The van der Waals surface area contributed by atoms with Gasteiger partial charge in [-0.1, -0.05) is 90.9 Å². The first-order valence-corrected chi connectivity index (χ1v) is 12.0. The van der Waals surface area contributed by atoms with Gasteiger partial charge in [-0.05, 0) is 25.7 Å². The number of hydrogen-bond donors (Lipinski definition) is 1. The van der Waals surface area contributed by atoms with Gasteiger partial charge in [0.05, 0.1) is 16.2 Å². The summed E-state index contributed by atoms with van der Waals surface area (Å²) in [6, 6.07) is 0. The molecule has 0 radical (unpaired) electrons. The van der Waals surface area contributed by atoms with Crippen LogP contribution in [0.4, 0.5) is 0 Å². The van der Waals surface area contributed by atoms with E-state index < -0.39 is 15.4 Å². The van der Waals surface area contributed by atoms with Crippen LogP contribution in [0.3, 0.4) is 0 Å². The first-order valence-electron chi connectivity index (χ1n) is 10.5. The minimum absolute atomic E-state index is 0. The van der Waals surface area contributed by atoms with Crippen molar-refractivity contribution in [1.29, 1.82) is 0 Å². The summed E-state index contributed by atoms with van der Waals surface area (Å²) in [7, 11) is -4.20. The van der Waals surface area contributed by atoms with Gasteiger partial charge in [-0.25, -0.2) is 8.42 Å². The number of aliphatic hydroxyl groups excluding tert-OH is 1. The van der Waals surface area contributed by atoms with Gasteiger partial charge < -0.3 is 9.66 Å². The van der Waals surface area contributed by atoms with E-state index in [0.29, 0.717) is 25.7 Å².